The molecule has 82 valence electrons. The van der Waals surface area contributed by atoms with E-state index >= 15 is 0 Å². The van der Waals surface area contributed by atoms with Crippen molar-refractivity contribution in [2.75, 3.05) is 13.7 Å². The maximum absolute atomic E-state index is 10.7. The standard InChI is InChI=1S/C11H15NO3/c1-9(13)12-15-11-6-4-3-5-10(11)7-8-14-2/h3-6H,7-8H2,1-2H3,(H,12,13). The Morgan fingerprint density at radius 1 is 1.40 bits per heavy atom. The number of benzene rings is 1. The van der Waals surface area contributed by atoms with E-state index in [1.807, 2.05) is 18.2 Å². The van der Waals surface area contributed by atoms with Gasteiger partial charge in [0.15, 0.2) is 5.75 Å². The van der Waals surface area contributed by atoms with Crippen LogP contribution in [0.15, 0.2) is 24.3 Å². The number of amides is 1. The lowest BCUT2D eigenvalue weighted by atomic mass is 10.1. The maximum atomic E-state index is 10.7. The van der Waals surface area contributed by atoms with Gasteiger partial charge in [-0.25, -0.2) is 0 Å². The van der Waals surface area contributed by atoms with Crippen LogP contribution in [-0.2, 0) is 16.0 Å². The van der Waals surface area contributed by atoms with Crippen LogP contribution in [0.3, 0.4) is 0 Å². The molecule has 0 aliphatic carbocycles. The summed E-state index contributed by atoms with van der Waals surface area (Å²) in [6.45, 7) is 2.03. The van der Waals surface area contributed by atoms with Crippen LogP contribution >= 0.6 is 0 Å². The first kappa shape index (κ1) is 11.5. The van der Waals surface area contributed by atoms with Gasteiger partial charge in [0, 0.05) is 14.0 Å². The second-order valence-corrected chi connectivity index (χ2v) is 3.11. The molecule has 0 saturated heterocycles. The van der Waals surface area contributed by atoms with Gasteiger partial charge in [0.2, 0.25) is 5.91 Å². The van der Waals surface area contributed by atoms with E-state index in [0.717, 1.165) is 12.0 Å². The van der Waals surface area contributed by atoms with Gasteiger partial charge < -0.3 is 9.57 Å². The zero-order valence-electron chi connectivity index (χ0n) is 8.95. The SMILES string of the molecule is COCCc1ccccc1ONC(C)=O. The molecular weight excluding hydrogens is 194 g/mol. The molecule has 15 heavy (non-hydrogen) atoms. The average molecular weight is 209 g/mol. The number of rotatable bonds is 5. The Hall–Kier alpha value is -1.55. The predicted molar refractivity (Wildman–Crippen MR) is 56.5 cm³/mol. The lowest BCUT2D eigenvalue weighted by Gasteiger charge is -2.09. The van der Waals surface area contributed by atoms with Crippen molar-refractivity contribution >= 4 is 5.91 Å². The largest absolute Gasteiger partial charge is 0.384 e. The molecule has 0 fully saturated rings. The molecule has 4 heteroatoms. The summed E-state index contributed by atoms with van der Waals surface area (Å²) in [6.07, 6.45) is 0.756. The Labute approximate surface area is 89.1 Å². The molecule has 1 aromatic rings. The van der Waals surface area contributed by atoms with E-state index in [4.69, 9.17) is 9.57 Å². The second-order valence-electron chi connectivity index (χ2n) is 3.11. The van der Waals surface area contributed by atoms with Crippen molar-refractivity contribution in [2.24, 2.45) is 0 Å². The van der Waals surface area contributed by atoms with Crippen molar-refractivity contribution in [3.05, 3.63) is 29.8 Å². The molecule has 0 atom stereocenters. The predicted octanol–water partition coefficient (Wildman–Crippen LogP) is 1.31. The third-order valence-corrected chi connectivity index (χ3v) is 1.85. The first-order valence-electron chi connectivity index (χ1n) is 4.74. The van der Waals surface area contributed by atoms with E-state index in [1.165, 1.54) is 6.92 Å². The molecule has 0 aromatic heterocycles. The van der Waals surface area contributed by atoms with Gasteiger partial charge in [-0.1, -0.05) is 18.2 Å². The summed E-state index contributed by atoms with van der Waals surface area (Å²) in [5.74, 6) is 0.432. The molecule has 4 nitrogen and oxygen atoms in total. The molecular formula is C11H15NO3. The topological polar surface area (TPSA) is 47.6 Å². The van der Waals surface area contributed by atoms with E-state index < -0.39 is 0 Å². The highest BCUT2D eigenvalue weighted by Crippen LogP contribution is 2.17. The molecule has 1 N–H and O–H groups in total. The van der Waals surface area contributed by atoms with Crippen molar-refractivity contribution in [1.29, 1.82) is 0 Å². The van der Waals surface area contributed by atoms with Crippen LogP contribution in [0.1, 0.15) is 12.5 Å². The fraction of sp³-hybridized carbons (Fsp3) is 0.364. The van der Waals surface area contributed by atoms with Crippen LogP contribution in [0.5, 0.6) is 5.75 Å². The van der Waals surface area contributed by atoms with Gasteiger partial charge in [-0.15, -0.1) is 0 Å². The number of para-hydroxylation sites is 1. The first-order chi connectivity index (χ1) is 7.24. The Morgan fingerprint density at radius 3 is 2.80 bits per heavy atom. The minimum Gasteiger partial charge on any atom is -0.384 e. The van der Waals surface area contributed by atoms with Crippen LogP contribution in [0.2, 0.25) is 0 Å². The first-order valence-corrected chi connectivity index (χ1v) is 4.74. The quantitative estimate of drug-likeness (QED) is 0.744. The number of carbonyl (C=O) groups is 1. The second kappa shape index (κ2) is 6.03. The summed E-state index contributed by atoms with van der Waals surface area (Å²) in [5.41, 5.74) is 3.31. The van der Waals surface area contributed by atoms with Crippen LogP contribution in [0, 0.1) is 0 Å². The fourth-order valence-electron chi connectivity index (χ4n) is 1.15. The minimum absolute atomic E-state index is 0.225. The Balaban J connectivity index is 2.63. The molecule has 0 heterocycles. The zero-order chi connectivity index (χ0) is 11.1. The van der Waals surface area contributed by atoms with Gasteiger partial charge in [0.25, 0.3) is 0 Å². The summed E-state index contributed by atoms with van der Waals surface area (Å²) in [5, 5.41) is 0. The maximum Gasteiger partial charge on any atom is 0.249 e. The van der Waals surface area contributed by atoms with Crippen LogP contribution in [-0.4, -0.2) is 19.6 Å². The lowest BCUT2D eigenvalue weighted by Crippen LogP contribution is -2.24. The van der Waals surface area contributed by atoms with E-state index in [2.05, 4.69) is 5.48 Å². The smallest absolute Gasteiger partial charge is 0.249 e. The third-order valence-electron chi connectivity index (χ3n) is 1.85. The zero-order valence-corrected chi connectivity index (χ0v) is 8.95. The van der Waals surface area contributed by atoms with Crippen molar-refractivity contribution in [1.82, 2.24) is 5.48 Å². The van der Waals surface area contributed by atoms with E-state index in [-0.39, 0.29) is 5.91 Å². The van der Waals surface area contributed by atoms with Crippen LogP contribution in [0.25, 0.3) is 0 Å². The van der Waals surface area contributed by atoms with Crippen molar-refractivity contribution in [2.45, 2.75) is 13.3 Å². The van der Waals surface area contributed by atoms with Gasteiger partial charge in [-0.05, 0) is 18.1 Å². The van der Waals surface area contributed by atoms with Gasteiger partial charge in [0.05, 0.1) is 6.61 Å². The molecule has 0 spiro atoms. The molecule has 0 unspecified atom stereocenters. The highest BCUT2D eigenvalue weighted by Gasteiger charge is 2.03. The summed E-state index contributed by atoms with van der Waals surface area (Å²) >= 11 is 0. The lowest BCUT2D eigenvalue weighted by molar-refractivity contribution is -0.125. The molecule has 0 aliphatic heterocycles. The molecule has 0 saturated carbocycles. The number of nitrogens with one attached hydrogen (secondary N) is 1. The number of hydrogen-bond acceptors (Lipinski definition) is 3. The van der Waals surface area contributed by atoms with Gasteiger partial charge in [-0.3, -0.25) is 4.79 Å². The molecule has 0 aliphatic rings. The number of hydrogen-bond donors (Lipinski definition) is 1. The molecule has 0 bridgehead atoms. The number of methoxy groups -OCH3 is 1. The summed E-state index contributed by atoms with van der Waals surface area (Å²) in [7, 11) is 1.65. The van der Waals surface area contributed by atoms with Crippen molar-refractivity contribution in [3.63, 3.8) is 0 Å². The number of ether oxygens (including phenoxy) is 1. The van der Waals surface area contributed by atoms with E-state index in [1.54, 1.807) is 13.2 Å². The third kappa shape index (κ3) is 3.99. The average Bonchev–Trinajstić information content (AvgIpc) is 2.24. The van der Waals surface area contributed by atoms with E-state index in [0.29, 0.717) is 12.4 Å². The number of carbonyl (C=O) groups excluding carboxylic acids is 1. The Bertz CT molecular complexity index is 325. The van der Waals surface area contributed by atoms with Crippen LogP contribution < -0.4 is 10.3 Å². The molecule has 1 aromatic carbocycles. The van der Waals surface area contributed by atoms with Crippen molar-refractivity contribution < 1.29 is 14.4 Å². The van der Waals surface area contributed by atoms with Gasteiger partial charge in [0.1, 0.15) is 0 Å². The highest BCUT2D eigenvalue weighted by atomic mass is 16.7. The van der Waals surface area contributed by atoms with E-state index in [9.17, 15) is 4.79 Å². The van der Waals surface area contributed by atoms with Crippen molar-refractivity contribution in [3.8, 4) is 5.75 Å². The number of hydroxylamine groups is 1. The minimum atomic E-state index is -0.225. The highest BCUT2D eigenvalue weighted by molar-refractivity contribution is 5.71. The van der Waals surface area contributed by atoms with Gasteiger partial charge >= 0.3 is 0 Å². The van der Waals surface area contributed by atoms with Crippen LogP contribution in [0.4, 0.5) is 0 Å². The summed E-state index contributed by atoms with van der Waals surface area (Å²) in [4.78, 5) is 15.8. The summed E-state index contributed by atoms with van der Waals surface area (Å²) in [6, 6.07) is 7.52. The molecule has 1 rings (SSSR count). The molecule has 0 radical (unpaired) electrons. The molecule has 1 amide bonds. The van der Waals surface area contributed by atoms with Gasteiger partial charge in [-0.2, -0.15) is 5.48 Å². The fourth-order valence-corrected chi connectivity index (χ4v) is 1.15. The summed E-state index contributed by atoms with van der Waals surface area (Å²) < 4.78 is 4.98. The Morgan fingerprint density at radius 2 is 2.13 bits per heavy atom. The normalized spacial score (nSPS) is 9.73. The Kier molecular flexibility index (Phi) is 4.63. The monoisotopic (exact) mass is 209 g/mol.